The van der Waals surface area contributed by atoms with Crippen LogP contribution in [-0.4, -0.2) is 9.97 Å². The summed E-state index contributed by atoms with van der Waals surface area (Å²) >= 11 is 5.41. The van der Waals surface area contributed by atoms with Crippen molar-refractivity contribution in [3.8, 4) is 0 Å². The number of aryl methyl sites for hydroxylation is 2. The van der Waals surface area contributed by atoms with Crippen LogP contribution in [0.3, 0.4) is 0 Å². The molecule has 3 aromatic rings. The Morgan fingerprint density at radius 2 is 1.95 bits per heavy atom. The Hall–Kier alpha value is -1.46. The Kier molecular flexibility index (Phi) is 3.39. The van der Waals surface area contributed by atoms with Crippen molar-refractivity contribution in [1.29, 1.82) is 0 Å². The van der Waals surface area contributed by atoms with Gasteiger partial charge in [-0.05, 0) is 59.3 Å². The van der Waals surface area contributed by atoms with E-state index >= 15 is 0 Å². The molecule has 0 aliphatic heterocycles. The van der Waals surface area contributed by atoms with Crippen LogP contribution in [0.25, 0.3) is 10.2 Å². The van der Waals surface area contributed by atoms with Crippen LogP contribution in [0, 0.1) is 0 Å². The van der Waals surface area contributed by atoms with Crippen molar-refractivity contribution in [2.24, 2.45) is 0 Å². The van der Waals surface area contributed by atoms with Crippen molar-refractivity contribution in [3.05, 3.63) is 45.5 Å². The van der Waals surface area contributed by atoms with E-state index in [9.17, 15) is 0 Å². The number of hydrogen-bond donors (Lipinski definition) is 1. The predicted octanol–water partition coefficient (Wildman–Crippen LogP) is 5.08. The first kappa shape index (κ1) is 13.2. The first-order chi connectivity index (χ1) is 10.3. The van der Waals surface area contributed by atoms with Crippen LogP contribution in [0.4, 0.5) is 11.5 Å². The van der Waals surface area contributed by atoms with Gasteiger partial charge in [-0.1, -0.05) is 12.1 Å². The maximum atomic E-state index is 4.49. The average molecular weight is 360 g/mol. The highest BCUT2D eigenvalue weighted by Gasteiger charge is 2.20. The fraction of sp³-hybridized carbons (Fsp3) is 0.250. The zero-order valence-electron chi connectivity index (χ0n) is 11.4. The molecule has 0 fully saturated rings. The van der Waals surface area contributed by atoms with Gasteiger partial charge in [0.2, 0.25) is 0 Å². The average Bonchev–Trinajstić information content (AvgIpc) is 2.89. The minimum absolute atomic E-state index is 0.923. The molecule has 4 rings (SSSR count). The Bertz CT molecular complexity index is 812. The van der Waals surface area contributed by atoms with E-state index in [2.05, 4.69) is 37.3 Å². The zero-order chi connectivity index (χ0) is 14.2. The van der Waals surface area contributed by atoms with E-state index in [1.54, 1.807) is 6.33 Å². The van der Waals surface area contributed by atoms with Gasteiger partial charge in [0, 0.05) is 9.35 Å². The summed E-state index contributed by atoms with van der Waals surface area (Å²) in [5, 5.41) is 4.68. The summed E-state index contributed by atoms with van der Waals surface area (Å²) in [7, 11) is 0. The second-order valence-electron chi connectivity index (χ2n) is 5.22. The summed E-state index contributed by atoms with van der Waals surface area (Å²) in [5.74, 6) is 0.923. The number of anilines is 2. The molecule has 0 atom stereocenters. The maximum absolute atomic E-state index is 4.49. The molecule has 0 unspecified atom stereocenters. The first-order valence-electron chi connectivity index (χ1n) is 7.10. The molecule has 1 aliphatic rings. The van der Waals surface area contributed by atoms with Gasteiger partial charge in [-0.15, -0.1) is 11.3 Å². The van der Waals surface area contributed by atoms with Crippen LogP contribution in [0.1, 0.15) is 23.3 Å². The number of thiophene rings is 1. The maximum Gasteiger partial charge on any atom is 0.142 e. The summed E-state index contributed by atoms with van der Waals surface area (Å²) in [6, 6.07) is 8.12. The Balaban J connectivity index is 1.85. The largest absolute Gasteiger partial charge is 0.339 e. The zero-order valence-corrected chi connectivity index (χ0v) is 13.8. The number of halogens is 1. The molecule has 106 valence electrons. The third-order valence-corrected chi connectivity index (χ3v) is 5.77. The number of hydrogen-bond acceptors (Lipinski definition) is 4. The molecule has 1 N–H and O–H groups in total. The van der Waals surface area contributed by atoms with Gasteiger partial charge in [0.25, 0.3) is 0 Å². The molecular formula is C16H14BrN3S. The molecule has 0 bridgehead atoms. The molecule has 0 spiro atoms. The fourth-order valence-corrected chi connectivity index (χ4v) is 4.49. The van der Waals surface area contributed by atoms with Crippen molar-refractivity contribution in [2.75, 3.05) is 5.32 Å². The highest BCUT2D eigenvalue weighted by atomic mass is 79.9. The number of nitrogens with zero attached hydrogens (tertiary/aromatic N) is 2. The lowest BCUT2D eigenvalue weighted by Gasteiger charge is -2.13. The highest BCUT2D eigenvalue weighted by Crippen LogP contribution is 2.39. The van der Waals surface area contributed by atoms with Crippen molar-refractivity contribution < 1.29 is 0 Å². The number of benzene rings is 1. The summed E-state index contributed by atoms with van der Waals surface area (Å²) in [4.78, 5) is 11.5. The van der Waals surface area contributed by atoms with E-state index in [0.717, 1.165) is 27.2 Å². The van der Waals surface area contributed by atoms with E-state index in [1.807, 2.05) is 29.5 Å². The Morgan fingerprint density at radius 1 is 1.10 bits per heavy atom. The summed E-state index contributed by atoms with van der Waals surface area (Å²) in [5.41, 5.74) is 2.49. The van der Waals surface area contributed by atoms with Crippen LogP contribution in [0.15, 0.2) is 35.1 Å². The molecule has 21 heavy (non-hydrogen) atoms. The SMILES string of the molecule is Brc1ccccc1Nc1ncnc2sc3c(c12)CCCC3. The first-order valence-corrected chi connectivity index (χ1v) is 8.70. The molecule has 2 aromatic heterocycles. The van der Waals surface area contributed by atoms with Gasteiger partial charge in [0.05, 0.1) is 11.1 Å². The quantitative estimate of drug-likeness (QED) is 0.693. The smallest absolute Gasteiger partial charge is 0.142 e. The van der Waals surface area contributed by atoms with Crippen LogP contribution >= 0.6 is 27.3 Å². The van der Waals surface area contributed by atoms with Crippen molar-refractivity contribution in [1.82, 2.24) is 9.97 Å². The van der Waals surface area contributed by atoms with Crippen LogP contribution in [0.5, 0.6) is 0 Å². The van der Waals surface area contributed by atoms with E-state index in [1.165, 1.54) is 35.1 Å². The Labute approximate surface area is 135 Å². The predicted molar refractivity (Wildman–Crippen MR) is 91.5 cm³/mol. The lowest BCUT2D eigenvalue weighted by atomic mass is 9.97. The number of fused-ring (bicyclic) bond motifs is 3. The number of rotatable bonds is 2. The molecular weight excluding hydrogens is 346 g/mol. The van der Waals surface area contributed by atoms with E-state index in [0.29, 0.717) is 0 Å². The van der Waals surface area contributed by atoms with Crippen molar-refractivity contribution in [2.45, 2.75) is 25.7 Å². The van der Waals surface area contributed by atoms with Crippen LogP contribution in [0.2, 0.25) is 0 Å². The van der Waals surface area contributed by atoms with Gasteiger partial charge < -0.3 is 5.32 Å². The molecule has 0 saturated carbocycles. The standard InChI is InChI=1S/C16H14BrN3S/c17-11-6-2-3-7-12(11)20-15-14-10-5-1-4-8-13(10)21-16(14)19-9-18-15/h2-3,6-7,9H,1,4-5,8H2,(H,18,19,20). The molecule has 1 aromatic carbocycles. The van der Waals surface area contributed by atoms with Crippen LogP contribution < -0.4 is 5.32 Å². The third kappa shape index (κ3) is 2.34. The molecule has 5 heteroatoms. The molecule has 0 radical (unpaired) electrons. The third-order valence-electron chi connectivity index (χ3n) is 3.88. The van der Waals surface area contributed by atoms with Crippen LogP contribution in [-0.2, 0) is 12.8 Å². The van der Waals surface area contributed by atoms with Crippen molar-refractivity contribution in [3.63, 3.8) is 0 Å². The van der Waals surface area contributed by atoms with Gasteiger partial charge in [-0.2, -0.15) is 0 Å². The molecule has 3 nitrogen and oxygen atoms in total. The number of nitrogens with one attached hydrogen (secondary N) is 1. The summed E-state index contributed by atoms with van der Waals surface area (Å²) in [6.45, 7) is 0. The monoisotopic (exact) mass is 359 g/mol. The summed E-state index contributed by atoms with van der Waals surface area (Å²) < 4.78 is 1.04. The van der Waals surface area contributed by atoms with Gasteiger partial charge >= 0.3 is 0 Å². The molecule has 0 amide bonds. The Morgan fingerprint density at radius 3 is 2.86 bits per heavy atom. The lowest BCUT2D eigenvalue weighted by molar-refractivity contribution is 0.700. The summed E-state index contributed by atoms with van der Waals surface area (Å²) in [6.07, 6.45) is 6.55. The van der Waals surface area contributed by atoms with Gasteiger partial charge in [0.1, 0.15) is 17.0 Å². The van der Waals surface area contributed by atoms with E-state index in [4.69, 9.17) is 0 Å². The number of para-hydroxylation sites is 1. The van der Waals surface area contributed by atoms with Gasteiger partial charge in [0.15, 0.2) is 0 Å². The minimum Gasteiger partial charge on any atom is -0.339 e. The molecule has 1 aliphatic carbocycles. The van der Waals surface area contributed by atoms with Gasteiger partial charge in [-0.3, -0.25) is 0 Å². The normalized spacial score (nSPS) is 14.1. The van der Waals surface area contributed by atoms with Gasteiger partial charge in [-0.25, -0.2) is 9.97 Å². The molecule has 0 saturated heterocycles. The minimum atomic E-state index is 0.923. The molecule has 2 heterocycles. The lowest BCUT2D eigenvalue weighted by Crippen LogP contribution is -2.01. The van der Waals surface area contributed by atoms with Crippen molar-refractivity contribution >= 4 is 49.0 Å². The second kappa shape index (κ2) is 5.39. The number of aromatic nitrogens is 2. The highest BCUT2D eigenvalue weighted by molar-refractivity contribution is 9.10. The van der Waals surface area contributed by atoms with E-state index in [-0.39, 0.29) is 0 Å². The van der Waals surface area contributed by atoms with E-state index < -0.39 is 0 Å². The second-order valence-corrected chi connectivity index (χ2v) is 7.16. The fourth-order valence-electron chi connectivity index (χ4n) is 2.88. The topological polar surface area (TPSA) is 37.8 Å².